The first-order valence-electron chi connectivity index (χ1n) is 30.0. The Morgan fingerprint density at radius 3 is 0.487 bits per heavy atom. The van der Waals surface area contributed by atoms with Crippen molar-refractivity contribution in [1.29, 1.82) is 0 Å². The fraction of sp³-hybridized carbons (Fsp3) is 0. The first kappa shape index (κ1) is 57.3. The number of hydrogen-bond acceptors (Lipinski definition) is 0. The van der Waals surface area contributed by atoms with Crippen LogP contribution in [0, 0.1) is 0 Å². The van der Waals surface area contributed by atoms with Crippen LogP contribution >= 0.6 is 0 Å². The first-order valence-corrected chi connectivity index (χ1v) is 30.0. The lowest BCUT2D eigenvalue weighted by molar-refractivity contribution is 1.75. The van der Waals surface area contributed by atoms with Crippen molar-refractivity contribution < 1.29 is 0 Å². The topological polar surface area (TPSA) is 0 Å². The highest BCUT2D eigenvalue weighted by molar-refractivity contribution is 6.79. The van der Waals surface area contributed by atoms with Crippen molar-refractivity contribution >= 4 is 464 Å². The van der Waals surface area contributed by atoms with Gasteiger partial charge >= 0.3 is 0 Å². The maximum Gasteiger partial charge on any atom is 0.140 e. The summed E-state index contributed by atoms with van der Waals surface area (Å²) in [6.45, 7) is 0. The van der Waals surface area contributed by atoms with E-state index in [0.29, 0.717) is 0 Å². The average Bonchev–Trinajstić information content (AvgIpc) is 2.48. The molecule has 0 spiro atoms. The van der Waals surface area contributed by atoms with Crippen LogP contribution < -0.4 is 164 Å². The summed E-state index contributed by atoms with van der Waals surface area (Å²) in [4.78, 5) is 0. The van der Waals surface area contributed by atoms with Crippen LogP contribution in [0.5, 0.6) is 0 Å². The van der Waals surface area contributed by atoms with Crippen LogP contribution in [0.1, 0.15) is 0 Å². The number of hydrogen-bond donors (Lipinski definition) is 0. The highest BCUT2D eigenvalue weighted by atomic mass is 14.3. The Morgan fingerprint density at radius 1 is 0.0750 bits per heavy atom. The van der Waals surface area contributed by atoms with Crippen molar-refractivity contribution in [1.82, 2.24) is 0 Å². The average molecular weight is 985 g/mol. The Morgan fingerprint density at radius 2 is 0.200 bits per heavy atom. The van der Waals surface area contributed by atoms with Gasteiger partial charge < -0.3 is 0 Å². The van der Waals surface area contributed by atoms with Gasteiger partial charge in [0.15, 0.2) is 0 Å². The molecule has 0 saturated heterocycles. The zero-order chi connectivity index (χ0) is 58.9. The lowest BCUT2D eigenvalue weighted by Gasteiger charge is -2.34. The van der Waals surface area contributed by atoms with E-state index in [2.05, 4.69) is 235 Å². The molecule has 0 aliphatic rings. The zero-order valence-corrected chi connectivity index (χ0v) is 55.0. The number of rotatable bonds is 4. The summed E-state index contributed by atoms with van der Waals surface area (Å²) in [6.07, 6.45) is 0. The molecule has 0 nitrogen and oxygen atoms in total. The molecule has 350 valence electrons. The van der Waals surface area contributed by atoms with Crippen molar-refractivity contribution in [2.75, 3.05) is 0 Å². The van der Waals surface area contributed by atoms with Gasteiger partial charge in [0.05, 0.1) is 0 Å². The molecule has 0 fully saturated rings. The van der Waals surface area contributed by atoms with Gasteiger partial charge in [-0.05, 0) is 109 Å². The first-order chi connectivity index (χ1) is 37.3. The molecule has 30 heteroatoms. The minimum Gasteiger partial charge on any atom is -0.102 e. The van der Waals surface area contributed by atoms with Crippen LogP contribution in [-0.2, 0) is 0 Å². The molecule has 0 aliphatic carbocycles. The predicted molar refractivity (Wildman–Crippen MR) is 461 cm³/mol. The largest absolute Gasteiger partial charge is 0.140 e. The maximum absolute atomic E-state index is 2.52. The molecule has 0 aromatic heterocycles. The molecular formula is C50H60B30. The van der Waals surface area contributed by atoms with Gasteiger partial charge in [0.25, 0.3) is 0 Å². The fourth-order valence-corrected chi connectivity index (χ4v) is 17.2. The molecule has 0 aliphatic heterocycles. The van der Waals surface area contributed by atoms with E-state index in [1.54, 1.807) is 0 Å². The van der Waals surface area contributed by atoms with Crippen molar-refractivity contribution in [2.45, 2.75) is 0 Å². The van der Waals surface area contributed by atoms with Gasteiger partial charge in [-0.3, -0.25) is 0 Å². The second-order valence-electron chi connectivity index (χ2n) is 26.2. The van der Waals surface area contributed by atoms with E-state index in [9.17, 15) is 0 Å². The van der Waals surface area contributed by atoms with E-state index in [0.717, 1.165) is 0 Å². The summed E-state index contributed by atoms with van der Waals surface area (Å²) < 4.78 is 0. The van der Waals surface area contributed by atoms with Crippen LogP contribution in [0.2, 0.25) is 0 Å². The molecule has 0 radical (unpaired) electrons. The van der Waals surface area contributed by atoms with Gasteiger partial charge in [0.1, 0.15) is 235 Å². The molecule has 0 saturated carbocycles. The SMILES string of the molecule is Bc1c(B)c(B)c(-c2c(B)c(-c3c(B)c(B)c(B)c(B)c3-c3c(B)c(B)c4c(B)c(B)c5c(B)c(B)c(B)c6c(B)c(B)c3c4c56)c(B)c(-c3c(B)c(B)c4c(B)c(B)c5c(B)c(B)c(B)c6c(B)c(B)c3c4c56)c2B)c(B)c1B. The van der Waals surface area contributed by atoms with Crippen LogP contribution in [0.4, 0.5) is 0 Å². The maximum atomic E-state index is 2.52. The molecule has 0 heterocycles. The van der Waals surface area contributed by atoms with E-state index >= 15 is 0 Å². The molecule has 11 aromatic carbocycles. The molecule has 0 N–H and O–H groups in total. The lowest BCUT2D eigenvalue weighted by Crippen LogP contribution is -2.56. The third-order valence-electron chi connectivity index (χ3n) is 23.6. The Balaban J connectivity index is 1.45. The third kappa shape index (κ3) is 6.95. The lowest BCUT2D eigenvalue weighted by atomic mass is 9.54. The van der Waals surface area contributed by atoms with Crippen molar-refractivity contribution in [3.05, 3.63) is 0 Å². The van der Waals surface area contributed by atoms with Gasteiger partial charge in [-0.1, -0.05) is 126 Å². The van der Waals surface area contributed by atoms with E-state index < -0.39 is 0 Å². The molecular weight excluding hydrogens is 925 g/mol. The minimum atomic E-state index is 1.38. The van der Waals surface area contributed by atoms with Gasteiger partial charge in [0, 0.05) is 0 Å². The Labute approximate surface area is 504 Å². The van der Waals surface area contributed by atoms with E-state index in [4.69, 9.17) is 0 Å². The quantitative estimate of drug-likeness (QED) is 0.122. The monoisotopic (exact) mass is 991 g/mol. The highest BCUT2D eigenvalue weighted by Gasteiger charge is 2.33. The van der Waals surface area contributed by atoms with Crippen molar-refractivity contribution in [2.24, 2.45) is 0 Å². The zero-order valence-electron chi connectivity index (χ0n) is 55.0. The molecule has 11 rings (SSSR count). The second kappa shape index (κ2) is 19.0. The highest BCUT2D eigenvalue weighted by Crippen LogP contribution is 2.38. The van der Waals surface area contributed by atoms with E-state index in [1.807, 2.05) is 0 Å². The summed E-state index contributed by atoms with van der Waals surface area (Å²) in [6, 6.07) is 0. The minimum absolute atomic E-state index is 1.38. The van der Waals surface area contributed by atoms with Crippen LogP contribution in [0.3, 0.4) is 0 Å². The molecule has 0 unspecified atom stereocenters. The Kier molecular flexibility index (Phi) is 13.6. The Hall–Kier alpha value is -4.55. The van der Waals surface area contributed by atoms with E-state index in [-0.39, 0.29) is 0 Å². The third-order valence-corrected chi connectivity index (χ3v) is 23.6. The molecule has 0 amide bonds. The second-order valence-corrected chi connectivity index (χ2v) is 26.2. The normalized spacial score (nSPS) is 12.0. The van der Waals surface area contributed by atoms with Gasteiger partial charge in [-0.15, -0.1) is 38.2 Å². The van der Waals surface area contributed by atoms with Gasteiger partial charge in [-0.25, -0.2) is 0 Å². The smallest absolute Gasteiger partial charge is 0.102 e. The molecule has 80 heavy (non-hydrogen) atoms. The van der Waals surface area contributed by atoms with Crippen LogP contribution in [-0.4, -0.2) is 235 Å². The van der Waals surface area contributed by atoms with Gasteiger partial charge in [0.2, 0.25) is 0 Å². The summed E-state index contributed by atoms with van der Waals surface area (Å²) in [7, 11) is 72.5. The van der Waals surface area contributed by atoms with E-state index in [1.165, 1.54) is 273 Å². The van der Waals surface area contributed by atoms with Crippen molar-refractivity contribution in [3.63, 3.8) is 0 Å². The fourth-order valence-electron chi connectivity index (χ4n) is 17.2. The van der Waals surface area contributed by atoms with Crippen LogP contribution in [0.25, 0.3) is 109 Å². The van der Waals surface area contributed by atoms with Crippen LogP contribution in [0.15, 0.2) is 0 Å². The molecule has 0 bridgehead atoms. The molecule has 0 atom stereocenters. The summed E-state index contributed by atoms with van der Waals surface area (Å²) in [5.41, 5.74) is 53.4. The van der Waals surface area contributed by atoms with Crippen molar-refractivity contribution in [3.8, 4) is 44.5 Å². The summed E-state index contributed by atoms with van der Waals surface area (Å²) in [5.74, 6) is 0. The molecule has 11 aromatic rings. The van der Waals surface area contributed by atoms with Gasteiger partial charge in [-0.2, -0.15) is 0 Å². The predicted octanol–water partition coefficient (Wildman–Crippen LogP) is -38.1. The summed E-state index contributed by atoms with van der Waals surface area (Å²) in [5, 5.41) is 17.4. The standard InChI is InChI=1S/C50H60B30/c51-21-17(9-6-2-4-14(33(63)25(6)55)39(69)45(75)41(71)16(4)37(67)35(65)12(2)31(61)27(9)57)22(52)19(20-42(72)48(78)50(80)49(79)43(20)73)23(53)18(21)10-8(28(58)46(76)47(77)29(10)59)7-5-1-3-13(32(62)24(5)54)38(68)44(74)40(70)15(3)36(66)34(64)11(1)30(60)26(7)56/h51-80H2. The number of benzene rings is 11. The summed E-state index contributed by atoms with van der Waals surface area (Å²) >= 11 is 0. The Bertz CT molecular complexity index is 4730.